The molecule has 0 aliphatic rings. The Hall–Kier alpha value is -2.94. The summed E-state index contributed by atoms with van der Waals surface area (Å²) in [5.74, 6) is -1.70. The molecule has 0 aliphatic carbocycles. The zero-order chi connectivity index (χ0) is 35.9. The molecular weight excluding hydrogens is 735 g/mol. The lowest BCUT2D eigenvalue weighted by molar-refractivity contribution is -0.143. The van der Waals surface area contributed by atoms with Crippen LogP contribution in [0.5, 0.6) is 0 Å². The van der Waals surface area contributed by atoms with Crippen LogP contribution in [-0.4, -0.2) is 11.8 Å². The number of benzene rings is 3. The van der Waals surface area contributed by atoms with E-state index in [0.717, 1.165) is 0 Å². The van der Waals surface area contributed by atoms with E-state index in [9.17, 15) is 65.9 Å². The first-order chi connectivity index (χ1) is 21.2. The van der Waals surface area contributed by atoms with Gasteiger partial charge in [-0.2, -0.15) is 65.9 Å². The number of halogens is 15. The molecule has 0 saturated carbocycles. The predicted molar refractivity (Wildman–Crippen MR) is 149 cm³/mol. The number of nitrogens with two attached hydrogens (primary N) is 1. The first-order valence-electron chi connectivity index (χ1n) is 12.3. The maximum atomic E-state index is 14.0. The van der Waals surface area contributed by atoms with Crippen molar-refractivity contribution in [3.05, 3.63) is 69.8 Å². The van der Waals surface area contributed by atoms with E-state index in [-0.39, 0.29) is 46.5 Å². The molecule has 0 heterocycles. The maximum Gasteiger partial charge on any atom is 0.418 e. The molecule has 0 atom stereocenters. The van der Waals surface area contributed by atoms with Crippen molar-refractivity contribution in [3.8, 4) is 0 Å². The highest BCUT2D eigenvalue weighted by Gasteiger charge is 2.43. The molecule has 0 saturated heterocycles. The van der Waals surface area contributed by atoms with Gasteiger partial charge in [0, 0.05) is 14.7 Å². The van der Waals surface area contributed by atoms with Gasteiger partial charge in [0.25, 0.3) is 0 Å². The monoisotopic (exact) mass is 753 g/mol. The fraction of sp³-hybridized carbons (Fsp3) is 0.308. The highest BCUT2D eigenvalue weighted by molar-refractivity contribution is 7.99. The normalized spacial score (nSPS) is 13.2. The van der Waals surface area contributed by atoms with Crippen molar-refractivity contribution in [2.45, 2.75) is 52.5 Å². The number of rotatable bonds is 8. The van der Waals surface area contributed by atoms with Crippen molar-refractivity contribution in [3.63, 3.8) is 0 Å². The molecular formula is C26H18F15N3S3. The van der Waals surface area contributed by atoms with E-state index < -0.39 is 97.3 Å². The molecule has 3 nitrogen and oxygen atoms in total. The number of nitrogens with one attached hydrogen (secondary N) is 2. The number of thiol groups is 1. The lowest BCUT2D eigenvalue weighted by atomic mass is 10.1. The number of anilines is 3. The minimum atomic E-state index is -5.48. The van der Waals surface area contributed by atoms with E-state index in [4.69, 9.17) is 5.73 Å². The van der Waals surface area contributed by atoms with Gasteiger partial charge >= 0.3 is 30.9 Å². The quantitative estimate of drug-likeness (QED) is 0.0607. The summed E-state index contributed by atoms with van der Waals surface area (Å²) >= 11 is 4.19. The maximum absolute atomic E-state index is 14.0. The fourth-order valence-electron chi connectivity index (χ4n) is 4.13. The minimum Gasteiger partial charge on any atom is -0.398 e. The highest BCUT2D eigenvalue weighted by atomic mass is 32.2. The van der Waals surface area contributed by atoms with E-state index in [2.05, 4.69) is 17.9 Å². The molecule has 3 rings (SSSR count). The summed E-state index contributed by atoms with van der Waals surface area (Å²) in [4.78, 5) is -1.57. The molecule has 0 unspecified atom stereocenters. The standard InChI is InChI=1S/C26H18F15N3S3/c1-10-2-11(45)3-16(24(33,34)35)20(10)43-8-46-13-6-17(25(36,37)38)21(18(7-13)26(39,40)41)44-9-47-12-4-14(22(27,28)29)19(42)15(5-12)23(30,31)32/h2-7,43-45H,8-9,42H2,1H3. The van der Waals surface area contributed by atoms with Crippen molar-refractivity contribution in [2.75, 3.05) is 28.1 Å². The summed E-state index contributed by atoms with van der Waals surface area (Å²) in [6.07, 6.45) is -26.6. The van der Waals surface area contributed by atoms with E-state index in [1.54, 1.807) is 5.32 Å². The summed E-state index contributed by atoms with van der Waals surface area (Å²) in [5, 5.41) is 4.13. The highest BCUT2D eigenvalue weighted by Crippen LogP contribution is 2.47. The molecule has 4 N–H and O–H groups in total. The Kier molecular flexibility index (Phi) is 11.1. The van der Waals surface area contributed by atoms with Crippen LogP contribution >= 0.6 is 36.2 Å². The lowest BCUT2D eigenvalue weighted by Crippen LogP contribution is -2.18. The molecule has 3 aromatic carbocycles. The Morgan fingerprint density at radius 2 is 0.851 bits per heavy atom. The minimum absolute atomic E-state index is 0.0280. The second-order valence-electron chi connectivity index (χ2n) is 9.43. The van der Waals surface area contributed by atoms with Crippen LogP contribution in [0.1, 0.15) is 33.4 Å². The third-order valence-electron chi connectivity index (χ3n) is 6.09. The molecule has 0 amide bonds. The zero-order valence-corrected chi connectivity index (χ0v) is 25.4. The van der Waals surface area contributed by atoms with Gasteiger partial charge < -0.3 is 16.4 Å². The van der Waals surface area contributed by atoms with E-state index in [1.807, 2.05) is 0 Å². The zero-order valence-electron chi connectivity index (χ0n) is 22.9. The van der Waals surface area contributed by atoms with Gasteiger partial charge in [-0.3, -0.25) is 0 Å². The second kappa shape index (κ2) is 13.5. The second-order valence-corrected chi connectivity index (χ2v) is 12.0. The summed E-state index contributed by atoms with van der Waals surface area (Å²) in [6.45, 7) is 1.27. The van der Waals surface area contributed by atoms with Gasteiger partial charge in [-0.15, -0.1) is 36.2 Å². The Bertz CT molecular complexity index is 1540. The molecule has 0 fully saturated rings. The van der Waals surface area contributed by atoms with Crippen LogP contribution in [0.15, 0.2) is 51.1 Å². The van der Waals surface area contributed by atoms with Crippen molar-refractivity contribution in [2.24, 2.45) is 0 Å². The number of aryl methyl sites for hydroxylation is 1. The average molecular weight is 754 g/mol. The van der Waals surface area contributed by atoms with Gasteiger partial charge in [0.15, 0.2) is 0 Å². The Balaban J connectivity index is 1.96. The van der Waals surface area contributed by atoms with Crippen LogP contribution in [0.4, 0.5) is 82.9 Å². The van der Waals surface area contributed by atoms with Crippen LogP contribution in [-0.2, 0) is 30.9 Å². The third-order valence-corrected chi connectivity index (χ3v) is 8.06. The number of alkyl halides is 15. The van der Waals surface area contributed by atoms with Crippen molar-refractivity contribution in [1.29, 1.82) is 0 Å². The number of thioether (sulfide) groups is 2. The number of hydrogen-bond donors (Lipinski definition) is 4. The molecule has 0 bridgehead atoms. The van der Waals surface area contributed by atoms with E-state index >= 15 is 0 Å². The van der Waals surface area contributed by atoms with Crippen LogP contribution in [0, 0.1) is 6.92 Å². The van der Waals surface area contributed by atoms with Crippen molar-refractivity contribution < 1.29 is 65.9 Å². The third kappa shape index (κ3) is 9.58. The van der Waals surface area contributed by atoms with Gasteiger partial charge in [-0.25, -0.2) is 0 Å². The van der Waals surface area contributed by atoms with Crippen LogP contribution in [0.2, 0.25) is 0 Å². The van der Waals surface area contributed by atoms with Gasteiger partial charge in [0.2, 0.25) is 0 Å². The largest absolute Gasteiger partial charge is 0.418 e. The average Bonchev–Trinajstić information content (AvgIpc) is 2.87. The molecule has 21 heteroatoms. The van der Waals surface area contributed by atoms with E-state index in [1.165, 1.54) is 13.0 Å². The topological polar surface area (TPSA) is 50.1 Å². The molecule has 0 aliphatic heterocycles. The molecule has 3 aromatic rings. The number of nitrogen functional groups attached to an aromatic ring is 1. The van der Waals surface area contributed by atoms with Crippen LogP contribution in [0.3, 0.4) is 0 Å². The predicted octanol–water partition coefficient (Wildman–Crippen LogP) is 11.3. The molecule has 47 heavy (non-hydrogen) atoms. The Morgan fingerprint density at radius 1 is 0.532 bits per heavy atom. The van der Waals surface area contributed by atoms with Crippen molar-refractivity contribution in [1.82, 2.24) is 0 Å². The summed E-state index contributed by atoms with van der Waals surface area (Å²) in [6, 6.07) is 2.75. The summed E-state index contributed by atoms with van der Waals surface area (Å²) in [5.41, 5.74) is -7.54. The first-order valence-corrected chi connectivity index (χ1v) is 14.7. The molecule has 260 valence electrons. The number of hydrogen-bond acceptors (Lipinski definition) is 6. The van der Waals surface area contributed by atoms with Gasteiger partial charge in [-0.05, 0) is 48.9 Å². The molecule has 0 spiro atoms. The SMILES string of the molecule is Cc1cc(S)cc(C(F)(F)F)c1NCSc1cc(C(F)(F)F)c(NCSc2cc(C(F)(F)F)c(N)c(C(F)(F)F)c2)c(C(F)(F)F)c1. The van der Waals surface area contributed by atoms with Crippen LogP contribution in [0.25, 0.3) is 0 Å². The fourth-order valence-corrected chi connectivity index (χ4v) is 6.02. The molecule has 0 radical (unpaired) electrons. The lowest BCUT2D eigenvalue weighted by Gasteiger charge is -2.22. The van der Waals surface area contributed by atoms with Gasteiger partial charge in [0.1, 0.15) is 0 Å². The van der Waals surface area contributed by atoms with Gasteiger partial charge in [0.05, 0.1) is 56.6 Å². The molecule has 0 aromatic heterocycles. The van der Waals surface area contributed by atoms with E-state index in [0.29, 0.717) is 17.8 Å². The van der Waals surface area contributed by atoms with Crippen molar-refractivity contribution >= 4 is 53.2 Å². The van der Waals surface area contributed by atoms with Gasteiger partial charge in [-0.1, -0.05) is 0 Å². The Labute approximate surface area is 269 Å². The van der Waals surface area contributed by atoms with Crippen LogP contribution < -0.4 is 16.4 Å². The first kappa shape index (κ1) is 38.5. The summed E-state index contributed by atoms with van der Waals surface area (Å²) < 4.78 is 204. The summed E-state index contributed by atoms with van der Waals surface area (Å²) in [7, 11) is 0. The smallest absolute Gasteiger partial charge is 0.398 e. The Morgan fingerprint density at radius 3 is 1.21 bits per heavy atom.